The summed E-state index contributed by atoms with van der Waals surface area (Å²) in [6, 6.07) is 29.0. The van der Waals surface area contributed by atoms with Gasteiger partial charge in [-0.25, -0.2) is 14.8 Å². The van der Waals surface area contributed by atoms with Gasteiger partial charge in [-0.05, 0) is 23.1 Å². The zero-order valence-electron chi connectivity index (χ0n) is 28.5. The number of hydroxylamine groups is 2. The molecule has 2 fully saturated rings. The molecule has 1 unspecified atom stereocenters. The van der Waals surface area contributed by atoms with Crippen LogP contribution >= 0.6 is 34.9 Å². The molecule has 3 aromatic carbocycles. The van der Waals surface area contributed by atoms with E-state index in [9.17, 15) is 24.3 Å². The highest BCUT2D eigenvalue weighted by molar-refractivity contribution is 8.07. The molecule has 1 aromatic heterocycles. The zero-order valence-corrected chi connectivity index (χ0v) is 31.0. The number of hydrogen-bond donors (Lipinski definition) is 3. The maximum atomic E-state index is 13.8. The Bertz CT molecular complexity index is 1980. The van der Waals surface area contributed by atoms with E-state index in [0.29, 0.717) is 23.0 Å². The average Bonchev–Trinajstić information content (AvgIpc) is 3.80. The normalized spacial score (nSPS) is 20.2. The minimum Gasteiger partial charge on any atom is -0.477 e. The average molecular weight is 771 g/mol. The number of carbonyl (C=O) groups excluding carboxylic acids is 3. The monoisotopic (exact) mass is 770 g/mol. The molecule has 13 nitrogen and oxygen atoms in total. The van der Waals surface area contributed by atoms with Crippen LogP contribution in [-0.4, -0.2) is 92.6 Å². The SMILES string of the molecule is CO/N=C(\C(=O)N[C@@H]1C(=O)N2C(C(=O)O)=C(SC3CCN(OC)C3=O)CS[C@H]12)c1csc(NC(c2ccccc2)(c2ccccc2)c2ccccc2)n1. The molecule has 4 aromatic rings. The summed E-state index contributed by atoms with van der Waals surface area (Å²) < 4.78 is 0. The standard InChI is InChI=1S/C37H34N6O7S3/c1-49-41-28(31(44)39-29-33(46)43-30(35(47)48)27(21-51-34(29)43)53-26-18-19-42(50-2)32(26)45)25-20-52-36(38-25)40-37(22-12-6-3-7-13-22,23-14-8-4-9-15-23)24-16-10-5-11-17-24/h3-17,20,26,29,34H,18-19,21H2,1-2H3,(H,38,40)(H,39,44)(H,47,48)/b41-28-/t26?,29-,34-/m1/s1. The lowest BCUT2D eigenvalue weighted by molar-refractivity contribution is -0.166. The number of fused-ring (bicyclic) bond motifs is 1. The van der Waals surface area contributed by atoms with Crippen LogP contribution in [0, 0.1) is 0 Å². The van der Waals surface area contributed by atoms with E-state index in [2.05, 4.69) is 15.8 Å². The number of carboxylic acids is 1. The van der Waals surface area contributed by atoms with Crippen LogP contribution in [0.2, 0.25) is 0 Å². The molecular weight excluding hydrogens is 737 g/mol. The maximum absolute atomic E-state index is 13.8. The van der Waals surface area contributed by atoms with Crippen LogP contribution < -0.4 is 10.6 Å². The van der Waals surface area contributed by atoms with Crippen molar-refractivity contribution >= 4 is 69.4 Å². The van der Waals surface area contributed by atoms with E-state index in [-0.39, 0.29) is 28.8 Å². The first-order valence-corrected chi connectivity index (χ1v) is 19.3. The van der Waals surface area contributed by atoms with Crippen LogP contribution in [0.5, 0.6) is 0 Å². The van der Waals surface area contributed by atoms with Gasteiger partial charge in [-0.15, -0.1) is 34.9 Å². The number of oxime groups is 1. The number of amides is 3. The third-order valence-corrected chi connectivity index (χ3v) is 12.7. The summed E-state index contributed by atoms with van der Waals surface area (Å²) in [6.45, 7) is 0.394. The number of benzene rings is 3. The fourth-order valence-electron chi connectivity index (χ4n) is 6.66. The van der Waals surface area contributed by atoms with E-state index in [4.69, 9.17) is 14.7 Å². The van der Waals surface area contributed by atoms with Crippen LogP contribution in [-0.2, 0) is 34.4 Å². The van der Waals surface area contributed by atoms with Gasteiger partial charge in [0.25, 0.3) is 17.7 Å². The van der Waals surface area contributed by atoms with Gasteiger partial charge in [-0.3, -0.25) is 24.1 Å². The summed E-state index contributed by atoms with van der Waals surface area (Å²) in [5.41, 5.74) is 1.94. The fraction of sp³-hybridized carbons (Fsp3) is 0.243. The van der Waals surface area contributed by atoms with E-state index < -0.39 is 40.0 Å². The lowest BCUT2D eigenvalue weighted by Gasteiger charge is -2.49. The third-order valence-electron chi connectivity index (χ3n) is 9.10. The number of carbonyl (C=O) groups is 4. The Balaban J connectivity index is 1.13. The van der Waals surface area contributed by atoms with Gasteiger partial charge in [0.2, 0.25) is 0 Å². The number of nitrogens with zero attached hydrogens (tertiary/aromatic N) is 4. The van der Waals surface area contributed by atoms with Crippen LogP contribution in [0.15, 0.2) is 112 Å². The largest absolute Gasteiger partial charge is 0.477 e. The van der Waals surface area contributed by atoms with Crippen molar-refractivity contribution in [3.63, 3.8) is 0 Å². The van der Waals surface area contributed by atoms with Gasteiger partial charge in [0.05, 0.1) is 18.9 Å². The lowest BCUT2D eigenvalue weighted by atomic mass is 9.77. The van der Waals surface area contributed by atoms with Gasteiger partial charge in [0.1, 0.15) is 35.5 Å². The number of nitrogens with one attached hydrogen (secondary N) is 2. The molecule has 53 heavy (non-hydrogen) atoms. The topological polar surface area (TPSA) is 163 Å². The maximum Gasteiger partial charge on any atom is 0.353 e. The zero-order chi connectivity index (χ0) is 37.1. The van der Waals surface area contributed by atoms with E-state index in [0.717, 1.165) is 28.5 Å². The summed E-state index contributed by atoms with van der Waals surface area (Å²) in [4.78, 5) is 68.8. The minimum atomic E-state index is -1.29. The molecule has 3 aliphatic heterocycles. The van der Waals surface area contributed by atoms with Crippen molar-refractivity contribution in [2.75, 3.05) is 31.8 Å². The number of hydrogen-bond acceptors (Lipinski definition) is 12. The Morgan fingerprint density at radius 2 is 1.55 bits per heavy atom. The molecule has 2 saturated heterocycles. The van der Waals surface area contributed by atoms with Crippen LogP contribution in [0.4, 0.5) is 5.13 Å². The van der Waals surface area contributed by atoms with Crippen molar-refractivity contribution < 1.29 is 34.0 Å². The second-order valence-corrected chi connectivity index (χ2v) is 15.4. The molecule has 3 atom stereocenters. The van der Waals surface area contributed by atoms with Gasteiger partial charge in [0, 0.05) is 16.0 Å². The Morgan fingerprint density at radius 1 is 0.943 bits per heavy atom. The van der Waals surface area contributed by atoms with Crippen molar-refractivity contribution in [2.24, 2.45) is 5.16 Å². The molecule has 4 heterocycles. The molecule has 3 amide bonds. The highest BCUT2D eigenvalue weighted by Gasteiger charge is 2.55. The fourth-order valence-corrected chi connectivity index (χ4v) is 10.2. The third kappa shape index (κ3) is 6.78. The van der Waals surface area contributed by atoms with Crippen molar-refractivity contribution in [3.8, 4) is 0 Å². The highest BCUT2D eigenvalue weighted by Crippen LogP contribution is 2.46. The van der Waals surface area contributed by atoms with Crippen molar-refractivity contribution in [3.05, 3.63) is 129 Å². The molecule has 0 radical (unpaired) electrons. The minimum absolute atomic E-state index is 0.152. The number of β-lactam (4-membered cyclic amide) rings is 1. The second-order valence-electron chi connectivity index (χ2n) is 12.1. The van der Waals surface area contributed by atoms with Crippen LogP contribution in [0.3, 0.4) is 0 Å². The van der Waals surface area contributed by atoms with Gasteiger partial charge in [-0.2, -0.15) is 0 Å². The summed E-state index contributed by atoms with van der Waals surface area (Å²) in [5, 5.41) is 22.8. The first-order chi connectivity index (χ1) is 25.8. The summed E-state index contributed by atoms with van der Waals surface area (Å²) >= 11 is 3.73. The second kappa shape index (κ2) is 15.4. The predicted octanol–water partition coefficient (Wildman–Crippen LogP) is 4.49. The summed E-state index contributed by atoms with van der Waals surface area (Å²) in [6.07, 6.45) is 0.482. The number of carboxylic acid groups (broad SMARTS) is 1. The Kier molecular flexibility index (Phi) is 10.5. The molecule has 272 valence electrons. The number of rotatable bonds is 13. The van der Waals surface area contributed by atoms with Gasteiger partial charge < -0.3 is 20.6 Å². The quantitative estimate of drug-likeness (QED) is 0.0761. The summed E-state index contributed by atoms with van der Waals surface area (Å²) in [5.74, 6) is -2.58. The Hall–Kier alpha value is -5.16. The molecule has 16 heteroatoms. The molecule has 0 bridgehead atoms. The molecule has 0 spiro atoms. The van der Waals surface area contributed by atoms with Crippen molar-refractivity contribution in [1.29, 1.82) is 0 Å². The number of thiazole rings is 1. The molecule has 3 N–H and O–H groups in total. The van der Waals surface area contributed by atoms with Crippen molar-refractivity contribution in [2.45, 2.75) is 28.6 Å². The highest BCUT2D eigenvalue weighted by atomic mass is 32.2. The van der Waals surface area contributed by atoms with E-state index in [1.54, 1.807) is 5.38 Å². The Labute approximate surface area is 317 Å². The van der Waals surface area contributed by atoms with Gasteiger partial charge >= 0.3 is 5.97 Å². The van der Waals surface area contributed by atoms with Crippen molar-refractivity contribution in [1.82, 2.24) is 20.3 Å². The van der Waals surface area contributed by atoms with Crippen LogP contribution in [0.1, 0.15) is 28.8 Å². The molecule has 3 aliphatic rings. The molecular formula is C37H34N6O7S3. The predicted molar refractivity (Wildman–Crippen MR) is 203 cm³/mol. The van der Waals surface area contributed by atoms with E-state index >= 15 is 0 Å². The van der Waals surface area contributed by atoms with E-state index in [1.807, 2.05) is 91.0 Å². The van der Waals surface area contributed by atoms with E-state index in [1.165, 1.54) is 47.3 Å². The summed E-state index contributed by atoms with van der Waals surface area (Å²) in [7, 11) is 2.71. The molecule has 0 aliphatic carbocycles. The molecule has 7 rings (SSSR count). The molecule has 0 saturated carbocycles. The number of aliphatic carboxylic acids is 1. The number of aromatic nitrogens is 1. The van der Waals surface area contributed by atoms with Gasteiger partial charge in [-0.1, -0.05) is 96.2 Å². The number of anilines is 1. The van der Waals surface area contributed by atoms with Gasteiger partial charge in [0.15, 0.2) is 10.8 Å². The van der Waals surface area contributed by atoms with Crippen LogP contribution in [0.25, 0.3) is 0 Å². The Morgan fingerprint density at radius 3 is 2.08 bits per heavy atom. The lowest BCUT2D eigenvalue weighted by Crippen LogP contribution is -2.71. The first kappa shape index (κ1) is 36.2. The number of thioether (sulfide) groups is 2. The first-order valence-electron chi connectivity index (χ1n) is 16.5. The smallest absolute Gasteiger partial charge is 0.353 e.